The summed E-state index contributed by atoms with van der Waals surface area (Å²) in [7, 11) is 1.35. The van der Waals surface area contributed by atoms with Crippen LogP contribution in [0.5, 0.6) is 0 Å². The molecule has 0 aliphatic carbocycles. The van der Waals surface area contributed by atoms with Crippen molar-refractivity contribution in [3.63, 3.8) is 0 Å². The first kappa shape index (κ1) is 22.4. The van der Waals surface area contributed by atoms with E-state index < -0.39 is 11.7 Å². The lowest BCUT2D eigenvalue weighted by atomic mass is 10.1. The van der Waals surface area contributed by atoms with Crippen LogP contribution in [0.15, 0.2) is 61.2 Å². The Balaban J connectivity index is 0.000000401. The number of halogens is 3. The molecule has 0 radical (unpaired) electrons. The van der Waals surface area contributed by atoms with Crippen LogP contribution in [-0.2, 0) is 15.7 Å². The summed E-state index contributed by atoms with van der Waals surface area (Å²) in [5.41, 5.74) is 1.84. The lowest BCUT2D eigenvalue weighted by molar-refractivity contribution is -0.138. The third kappa shape index (κ3) is 10.8. The van der Waals surface area contributed by atoms with Gasteiger partial charge >= 0.3 is 12.1 Å². The van der Waals surface area contributed by atoms with Crippen LogP contribution in [0.1, 0.15) is 30.5 Å². The second kappa shape index (κ2) is 11.1. The quantitative estimate of drug-likeness (QED) is 0.596. The molecule has 0 aliphatic heterocycles. The highest BCUT2D eigenvalue weighted by atomic mass is 19.4. The molecule has 0 fully saturated rings. The van der Waals surface area contributed by atoms with Gasteiger partial charge in [0.1, 0.15) is 0 Å². The van der Waals surface area contributed by atoms with Crippen LogP contribution in [0.25, 0.3) is 5.57 Å². The molecule has 0 N–H and O–H groups in total. The Morgan fingerprint density at radius 2 is 1.52 bits per heavy atom. The highest BCUT2D eigenvalue weighted by molar-refractivity contribution is 5.65. The van der Waals surface area contributed by atoms with E-state index in [0.717, 1.165) is 12.1 Å². The van der Waals surface area contributed by atoms with Crippen LogP contribution in [0, 0.1) is 6.92 Å². The van der Waals surface area contributed by atoms with Gasteiger partial charge in [-0.05, 0) is 31.5 Å². The number of benzene rings is 2. The number of allylic oxidation sites excluding steroid dienone is 1. The molecule has 0 aromatic heterocycles. The topological polar surface area (TPSA) is 26.3 Å². The molecular weight excluding hydrogens is 329 g/mol. The zero-order valence-corrected chi connectivity index (χ0v) is 14.9. The van der Waals surface area contributed by atoms with Gasteiger partial charge in [-0.15, -0.1) is 0 Å². The second-order valence-electron chi connectivity index (χ2n) is 5.21. The molecule has 2 aromatic rings. The summed E-state index contributed by atoms with van der Waals surface area (Å²) in [6.45, 7) is 8.70. The van der Waals surface area contributed by atoms with E-state index in [1.807, 2.05) is 18.2 Å². The van der Waals surface area contributed by atoms with Crippen LogP contribution in [-0.4, -0.2) is 13.1 Å². The number of hydrogen-bond donors (Lipinski definition) is 0. The van der Waals surface area contributed by atoms with Gasteiger partial charge in [0.05, 0.1) is 12.7 Å². The summed E-state index contributed by atoms with van der Waals surface area (Å²) < 4.78 is 40.7. The standard InChI is InChI=1S/C10H9F3.C7H8.C3H6O2/c1-7(2)8-4-3-5-9(6-8)10(11,12)13;1-7-5-3-2-4-6-7;1-3(4)5-2/h3-6H,1H2,2H3;2-6H,1H3;1-2H3. The predicted octanol–water partition coefficient (Wildman–Crippen LogP) is 5.91. The van der Waals surface area contributed by atoms with Crippen molar-refractivity contribution < 1.29 is 22.7 Å². The van der Waals surface area contributed by atoms with E-state index in [0.29, 0.717) is 11.1 Å². The first-order valence-electron chi connectivity index (χ1n) is 7.47. The van der Waals surface area contributed by atoms with Crippen molar-refractivity contribution in [2.24, 2.45) is 0 Å². The van der Waals surface area contributed by atoms with Crippen molar-refractivity contribution >= 4 is 11.5 Å². The molecule has 2 rings (SSSR count). The van der Waals surface area contributed by atoms with Gasteiger partial charge in [-0.3, -0.25) is 4.79 Å². The van der Waals surface area contributed by atoms with Crippen molar-refractivity contribution in [2.75, 3.05) is 7.11 Å². The van der Waals surface area contributed by atoms with Crippen LogP contribution < -0.4 is 0 Å². The molecule has 0 heterocycles. The number of esters is 1. The Labute approximate surface area is 147 Å². The first-order valence-corrected chi connectivity index (χ1v) is 7.47. The monoisotopic (exact) mass is 352 g/mol. The summed E-state index contributed by atoms with van der Waals surface area (Å²) in [5, 5.41) is 0. The van der Waals surface area contributed by atoms with E-state index in [1.54, 1.807) is 13.0 Å². The molecule has 0 saturated carbocycles. The third-order valence-corrected chi connectivity index (χ3v) is 2.91. The zero-order chi connectivity index (χ0) is 19.5. The molecule has 0 amide bonds. The minimum atomic E-state index is -4.27. The lowest BCUT2D eigenvalue weighted by Gasteiger charge is -2.07. The Bertz CT molecular complexity index is 662. The Hall–Kier alpha value is -2.56. The van der Waals surface area contributed by atoms with Gasteiger partial charge in [0.25, 0.3) is 0 Å². The number of rotatable bonds is 1. The number of ether oxygens (including phenoxy) is 1. The van der Waals surface area contributed by atoms with Gasteiger partial charge in [0.2, 0.25) is 0 Å². The molecule has 2 nitrogen and oxygen atoms in total. The highest BCUT2D eigenvalue weighted by Crippen LogP contribution is 2.30. The highest BCUT2D eigenvalue weighted by Gasteiger charge is 2.30. The minimum absolute atomic E-state index is 0.245. The molecule has 136 valence electrons. The SMILES string of the molecule is C=C(C)c1cccc(C(F)(F)F)c1.COC(C)=O.Cc1ccccc1. The van der Waals surface area contributed by atoms with E-state index in [-0.39, 0.29) is 5.97 Å². The fourth-order valence-electron chi connectivity index (χ4n) is 1.50. The maximum absolute atomic E-state index is 12.2. The van der Waals surface area contributed by atoms with Crippen LogP contribution in [0.2, 0.25) is 0 Å². The van der Waals surface area contributed by atoms with Gasteiger partial charge in [0.15, 0.2) is 0 Å². The summed E-state index contributed by atoms with van der Waals surface area (Å²) in [4.78, 5) is 9.59. The Kier molecular flexibility index (Phi) is 9.94. The number of carbonyl (C=O) groups is 1. The van der Waals surface area contributed by atoms with Crippen LogP contribution in [0.4, 0.5) is 13.2 Å². The van der Waals surface area contributed by atoms with Crippen LogP contribution >= 0.6 is 0 Å². The number of aryl methyl sites for hydroxylation is 1. The van der Waals surface area contributed by atoms with Crippen molar-refractivity contribution in [1.29, 1.82) is 0 Å². The Morgan fingerprint density at radius 3 is 1.84 bits per heavy atom. The van der Waals surface area contributed by atoms with Gasteiger partial charge in [-0.25, -0.2) is 0 Å². The van der Waals surface area contributed by atoms with Crippen molar-refractivity contribution in [1.82, 2.24) is 0 Å². The van der Waals surface area contributed by atoms with Crippen molar-refractivity contribution in [3.05, 3.63) is 77.9 Å². The van der Waals surface area contributed by atoms with Crippen molar-refractivity contribution in [2.45, 2.75) is 26.9 Å². The lowest BCUT2D eigenvalue weighted by Crippen LogP contribution is -2.04. The van der Waals surface area contributed by atoms with Gasteiger partial charge in [-0.1, -0.05) is 60.2 Å². The third-order valence-electron chi connectivity index (χ3n) is 2.91. The van der Waals surface area contributed by atoms with E-state index in [2.05, 4.69) is 30.4 Å². The van der Waals surface area contributed by atoms with Gasteiger partial charge in [-0.2, -0.15) is 13.2 Å². The Morgan fingerprint density at radius 1 is 1.00 bits per heavy atom. The molecule has 0 aliphatic rings. The van der Waals surface area contributed by atoms with E-state index in [4.69, 9.17) is 0 Å². The average molecular weight is 352 g/mol. The maximum atomic E-state index is 12.2. The van der Waals surface area contributed by atoms with E-state index in [9.17, 15) is 18.0 Å². The number of methoxy groups -OCH3 is 1. The average Bonchev–Trinajstić information content (AvgIpc) is 2.56. The molecule has 0 unspecified atom stereocenters. The van der Waals surface area contributed by atoms with E-state index >= 15 is 0 Å². The number of carbonyl (C=O) groups excluding carboxylic acids is 1. The number of alkyl halides is 3. The second-order valence-corrected chi connectivity index (χ2v) is 5.21. The van der Waals surface area contributed by atoms with Crippen molar-refractivity contribution in [3.8, 4) is 0 Å². The summed E-state index contributed by atoms with van der Waals surface area (Å²) in [5.74, 6) is -0.245. The molecule has 25 heavy (non-hydrogen) atoms. The fraction of sp³-hybridized carbons (Fsp3) is 0.250. The molecule has 0 spiro atoms. The zero-order valence-electron chi connectivity index (χ0n) is 14.9. The smallest absolute Gasteiger partial charge is 0.416 e. The predicted molar refractivity (Wildman–Crippen MR) is 95.0 cm³/mol. The molecule has 0 saturated heterocycles. The molecule has 0 atom stereocenters. The normalized spacial score (nSPS) is 9.72. The number of hydrogen-bond acceptors (Lipinski definition) is 2. The summed E-state index contributed by atoms with van der Waals surface area (Å²) in [6, 6.07) is 15.4. The van der Waals surface area contributed by atoms with Gasteiger partial charge in [0, 0.05) is 6.92 Å². The molecule has 5 heteroatoms. The largest absolute Gasteiger partial charge is 0.469 e. The fourth-order valence-corrected chi connectivity index (χ4v) is 1.50. The summed E-state index contributed by atoms with van der Waals surface area (Å²) >= 11 is 0. The van der Waals surface area contributed by atoms with Crippen LogP contribution in [0.3, 0.4) is 0 Å². The molecule has 2 aromatic carbocycles. The summed E-state index contributed by atoms with van der Waals surface area (Å²) in [6.07, 6.45) is -4.27. The maximum Gasteiger partial charge on any atom is 0.416 e. The minimum Gasteiger partial charge on any atom is -0.469 e. The van der Waals surface area contributed by atoms with E-state index in [1.165, 1.54) is 25.7 Å². The first-order chi connectivity index (χ1) is 11.6. The molecule has 0 bridgehead atoms. The molecular formula is C20H23F3O2. The van der Waals surface area contributed by atoms with Gasteiger partial charge < -0.3 is 4.74 Å².